The molecule has 2 nitrogen and oxygen atoms in total. The predicted octanol–water partition coefficient (Wildman–Crippen LogP) is 2.02. The van der Waals surface area contributed by atoms with Crippen molar-refractivity contribution < 1.29 is 8.94 Å². The van der Waals surface area contributed by atoms with Gasteiger partial charge in [-0.15, -0.1) is 0 Å². The molecular formula is C8H14FNOS. The van der Waals surface area contributed by atoms with Crippen LogP contribution in [0.15, 0.2) is 4.40 Å². The standard InChI is InChI=1S/C8H14FNOS/c1-7(2,3)12(11)10-6-8(9)4-5-8/h6H,4-5H2,1-3H3/t12-/m1/s1. The maximum atomic E-state index is 13.0. The molecule has 0 aromatic heterocycles. The number of hydrogen-bond donors (Lipinski definition) is 0. The highest BCUT2D eigenvalue weighted by molar-refractivity contribution is 7.91. The first-order valence-corrected chi connectivity index (χ1v) is 5.10. The number of hydrogen-bond acceptors (Lipinski definition) is 2. The average molecular weight is 191 g/mol. The van der Waals surface area contributed by atoms with Crippen molar-refractivity contribution in [3.8, 4) is 0 Å². The van der Waals surface area contributed by atoms with E-state index in [0.29, 0.717) is 12.8 Å². The summed E-state index contributed by atoms with van der Waals surface area (Å²) in [7, 11) is 0. The summed E-state index contributed by atoms with van der Waals surface area (Å²) in [6, 6.07) is 0. The van der Waals surface area contributed by atoms with E-state index in [-0.39, 0.29) is 4.75 Å². The topological polar surface area (TPSA) is 35.4 Å². The van der Waals surface area contributed by atoms with E-state index in [4.69, 9.17) is 0 Å². The van der Waals surface area contributed by atoms with Crippen molar-refractivity contribution >= 4 is 17.6 Å². The van der Waals surface area contributed by atoms with Crippen molar-refractivity contribution in [2.24, 2.45) is 4.40 Å². The third-order valence-corrected chi connectivity index (χ3v) is 2.98. The second-order valence-electron chi connectivity index (χ2n) is 4.13. The van der Waals surface area contributed by atoms with Crippen LogP contribution in [0.2, 0.25) is 0 Å². The van der Waals surface area contributed by atoms with E-state index in [9.17, 15) is 8.94 Å². The van der Waals surface area contributed by atoms with Crippen molar-refractivity contribution in [1.82, 2.24) is 0 Å². The number of rotatable bonds is 2. The lowest BCUT2D eigenvalue weighted by atomic mass is 10.3. The third kappa shape index (κ3) is 2.75. The van der Waals surface area contributed by atoms with Crippen molar-refractivity contribution in [1.29, 1.82) is 0 Å². The molecule has 1 aliphatic rings. The number of nitrogens with zero attached hydrogens (tertiary/aromatic N) is 1. The molecule has 12 heavy (non-hydrogen) atoms. The lowest BCUT2D eigenvalue weighted by molar-refractivity contribution is 0.414. The molecule has 0 spiro atoms. The van der Waals surface area contributed by atoms with Crippen LogP contribution >= 0.6 is 0 Å². The zero-order chi connectivity index (χ0) is 9.41. The lowest BCUT2D eigenvalue weighted by Crippen LogP contribution is -2.26. The minimum absolute atomic E-state index is 0.387. The molecule has 0 N–H and O–H groups in total. The van der Waals surface area contributed by atoms with E-state index in [2.05, 4.69) is 4.40 Å². The monoisotopic (exact) mass is 191 g/mol. The van der Waals surface area contributed by atoms with E-state index >= 15 is 0 Å². The van der Waals surface area contributed by atoms with Crippen molar-refractivity contribution in [3.63, 3.8) is 0 Å². The smallest absolute Gasteiger partial charge is 0.150 e. The highest BCUT2D eigenvalue weighted by Crippen LogP contribution is 2.38. The van der Waals surface area contributed by atoms with Crippen LogP contribution in [0.4, 0.5) is 4.39 Å². The summed E-state index contributed by atoms with van der Waals surface area (Å²) in [4.78, 5) is 0. The minimum Gasteiger partial charge on any atom is -0.591 e. The second-order valence-corrected chi connectivity index (χ2v) is 6.06. The molecule has 0 amide bonds. The fourth-order valence-corrected chi connectivity index (χ4v) is 1.15. The quantitative estimate of drug-likeness (QED) is 0.486. The van der Waals surface area contributed by atoms with Crippen LogP contribution in [-0.2, 0) is 11.4 Å². The maximum Gasteiger partial charge on any atom is 0.150 e. The van der Waals surface area contributed by atoms with Gasteiger partial charge in [-0.2, -0.15) is 0 Å². The van der Waals surface area contributed by atoms with Gasteiger partial charge >= 0.3 is 0 Å². The lowest BCUT2D eigenvalue weighted by Gasteiger charge is -2.17. The third-order valence-electron chi connectivity index (χ3n) is 1.63. The SMILES string of the molecule is CC(C)(C)[S@@+]([O-])N=CC1(F)CC1. The Balaban J connectivity index is 2.45. The molecule has 0 saturated heterocycles. The van der Waals surface area contributed by atoms with Gasteiger partial charge < -0.3 is 4.55 Å². The molecule has 0 aliphatic heterocycles. The summed E-state index contributed by atoms with van der Waals surface area (Å²) in [6.07, 6.45) is 2.25. The summed E-state index contributed by atoms with van der Waals surface area (Å²) < 4.78 is 27.6. The molecule has 1 aliphatic carbocycles. The van der Waals surface area contributed by atoms with Gasteiger partial charge in [0.25, 0.3) is 0 Å². The molecule has 1 rings (SSSR count). The molecule has 0 aromatic carbocycles. The Hall–Kier alpha value is -0.0900. The first kappa shape index (κ1) is 9.99. The molecular weight excluding hydrogens is 177 g/mol. The van der Waals surface area contributed by atoms with Gasteiger partial charge in [-0.1, -0.05) is 4.40 Å². The fourth-order valence-electron chi connectivity index (χ4n) is 0.549. The van der Waals surface area contributed by atoms with E-state index < -0.39 is 17.0 Å². The van der Waals surface area contributed by atoms with Gasteiger partial charge in [0.15, 0.2) is 5.67 Å². The molecule has 0 unspecified atom stereocenters. The number of alkyl halides is 1. The van der Waals surface area contributed by atoms with E-state index in [1.54, 1.807) is 0 Å². The average Bonchev–Trinajstić information content (AvgIpc) is 2.62. The molecule has 4 heteroatoms. The largest absolute Gasteiger partial charge is 0.591 e. The maximum absolute atomic E-state index is 13.0. The van der Waals surface area contributed by atoms with Crippen LogP contribution in [-0.4, -0.2) is 21.2 Å². The van der Waals surface area contributed by atoms with Crippen molar-refractivity contribution in [3.05, 3.63) is 0 Å². The van der Waals surface area contributed by atoms with Crippen molar-refractivity contribution in [2.75, 3.05) is 0 Å². The first-order chi connectivity index (χ1) is 5.33. The minimum atomic E-state index is -1.31. The summed E-state index contributed by atoms with van der Waals surface area (Å²) in [5, 5.41) is 0. The van der Waals surface area contributed by atoms with Gasteiger partial charge in [0, 0.05) is 0 Å². The summed E-state index contributed by atoms with van der Waals surface area (Å²) in [5.41, 5.74) is -1.24. The molecule has 0 bridgehead atoms. The van der Waals surface area contributed by atoms with Crippen LogP contribution in [0.5, 0.6) is 0 Å². The molecule has 70 valence electrons. The molecule has 1 atom stereocenters. The Kier molecular flexibility index (Phi) is 2.50. The van der Waals surface area contributed by atoms with Crippen LogP contribution < -0.4 is 0 Å². The van der Waals surface area contributed by atoms with Crippen molar-refractivity contribution in [2.45, 2.75) is 44.0 Å². The predicted molar refractivity (Wildman–Crippen MR) is 49.5 cm³/mol. The zero-order valence-corrected chi connectivity index (χ0v) is 8.45. The Bertz CT molecular complexity index is 196. The van der Waals surface area contributed by atoms with Gasteiger partial charge in [-0.3, -0.25) is 0 Å². The highest BCUT2D eigenvalue weighted by atomic mass is 32.2. The Morgan fingerprint density at radius 2 is 2.00 bits per heavy atom. The molecule has 1 fully saturated rings. The van der Waals surface area contributed by atoms with E-state index in [1.807, 2.05) is 20.8 Å². The normalized spacial score (nSPS) is 24.4. The van der Waals surface area contributed by atoms with Crippen LogP contribution in [0.1, 0.15) is 33.6 Å². The van der Waals surface area contributed by atoms with Gasteiger partial charge in [0.1, 0.15) is 16.1 Å². The number of halogens is 1. The molecule has 1 saturated carbocycles. The molecule has 0 heterocycles. The van der Waals surface area contributed by atoms with Gasteiger partial charge in [0.2, 0.25) is 0 Å². The zero-order valence-electron chi connectivity index (χ0n) is 7.63. The van der Waals surface area contributed by atoms with Crippen LogP contribution in [0.3, 0.4) is 0 Å². The van der Waals surface area contributed by atoms with E-state index in [0.717, 1.165) is 0 Å². The first-order valence-electron chi connectivity index (χ1n) is 4.00. The summed E-state index contributed by atoms with van der Waals surface area (Å²) >= 11 is -1.31. The molecule has 0 aromatic rings. The van der Waals surface area contributed by atoms with Gasteiger partial charge in [-0.05, 0) is 33.6 Å². The van der Waals surface area contributed by atoms with E-state index in [1.165, 1.54) is 6.21 Å². The summed E-state index contributed by atoms with van der Waals surface area (Å²) in [5.74, 6) is 0. The summed E-state index contributed by atoms with van der Waals surface area (Å²) in [6.45, 7) is 5.45. The Labute approximate surface area is 75.6 Å². The Morgan fingerprint density at radius 3 is 2.33 bits per heavy atom. The fraction of sp³-hybridized carbons (Fsp3) is 0.875. The van der Waals surface area contributed by atoms with Gasteiger partial charge in [-0.25, -0.2) is 4.39 Å². The van der Waals surface area contributed by atoms with Crippen LogP contribution in [0.25, 0.3) is 0 Å². The van der Waals surface area contributed by atoms with Crippen LogP contribution in [0, 0.1) is 0 Å². The Morgan fingerprint density at radius 1 is 1.50 bits per heavy atom. The van der Waals surface area contributed by atoms with Gasteiger partial charge in [0.05, 0.1) is 6.21 Å². The molecule has 0 radical (unpaired) electrons. The second kappa shape index (κ2) is 3.00. The highest BCUT2D eigenvalue weighted by Gasteiger charge is 2.43.